The van der Waals surface area contributed by atoms with Gasteiger partial charge in [0.2, 0.25) is 5.88 Å². The largest absolute Gasteiger partial charge is 0.507 e. The minimum Gasteiger partial charge on any atom is -0.507 e. The van der Waals surface area contributed by atoms with Gasteiger partial charge in [-0.3, -0.25) is 4.79 Å². The van der Waals surface area contributed by atoms with Gasteiger partial charge < -0.3 is 19.6 Å². The summed E-state index contributed by atoms with van der Waals surface area (Å²) in [6.07, 6.45) is 0. The normalized spacial score (nSPS) is 10.9. The predicted molar refractivity (Wildman–Crippen MR) is 131 cm³/mol. The molecule has 2 aromatic heterocycles. The highest BCUT2D eigenvalue weighted by molar-refractivity contribution is 6.30. The molecule has 0 spiro atoms. The number of nitrogens with one attached hydrogen (secondary N) is 1. The molecule has 0 atom stereocenters. The van der Waals surface area contributed by atoms with Crippen LogP contribution < -0.4 is 15.5 Å². The van der Waals surface area contributed by atoms with Crippen molar-refractivity contribution in [2.75, 3.05) is 5.32 Å². The molecule has 0 bridgehead atoms. The molecule has 0 saturated carbocycles. The van der Waals surface area contributed by atoms with Crippen LogP contribution in [0.2, 0.25) is 5.02 Å². The first kappa shape index (κ1) is 21.5. The summed E-state index contributed by atoms with van der Waals surface area (Å²) in [5, 5.41) is 14.4. The second-order valence-corrected chi connectivity index (χ2v) is 7.97. The number of anilines is 2. The summed E-state index contributed by atoms with van der Waals surface area (Å²) in [5.41, 5.74) is 1.40. The summed E-state index contributed by atoms with van der Waals surface area (Å²) < 4.78 is 11.8. The van der Waals surface area contributed by atoms with E-state index in [2.05, 4.69) is 15.3 Å². The van der Waals surface area contributed by atoms with E-state index in [1.54, 1.807) is 31.2 Å². The topological polar surface area (TPSA) is 97.5 Å². The molecule has 0 aliphatic heterocycles. The molecule has 0 aliphatic rings. The van der Waals surface area contributed by atoms with Gasteiger partial charge in [-0.25, -0.2) is 4.98 Å². The fourth-order valence-electron chi connectivity index (χ4n) is 3.51. The number of benzene rings is 3. The summed E-state index contributed by atoms with van der Waals surface area (Å²) in [7, 11) is 0. The number of hydrogen-bond acceptors (Lipinski definition) is 7. The van der Waals surface area contributed by atoms with Gasteiger partial charge in [-0.1, -0.05) is 41.9 Å². The van der Waals surface area contributed by atoms with E-state index in [0.29, 0.717) is 22.4 Å². The van der Waals surface area contributed by atoms with E-state index in [1.807, 2.05) is 42.5 Å². The van der Waals surface area contributed by atoms with E-state index in [-0.39, 0.29) is 33.8 Å². The Bertz CT molecular complexity index is 1550. The summed E-state index contributed by atoms with van der Waals surface area (Å²) in [5.74, 6) is 1.66. The maximum Gasteiger partial charge on any atom is 0.224 e. The highest BCUT2D eigenvalue weighted by Gasteiger charge is 2.14. The number of aromatic nitrogens is 2. The van der Waals surface area contributed by atoms with Crippen molar-refractivity contribution in [1.29, 1.82) is 0 Å². The van der Waals surface area contributed by atoms with E-state index in [0.717, 1.165) is 11.3 Å². The van der Waals surface area contributed by atoms with Gasteiger partial charge in [0.05, 0.1) is 0 Å². The van der Waals surface area contributed by atoms with E-state index in [9.17, 15) is 9.90 Å². The first-order chi connectivity index (χ1) is 16.4. The minimum atomic E-state index is -0.350. The zero-order valence-electron chi connectivity index (χ0n) is 17.9. The van der Waals surface area contributed by atoms with Crippen LogP contribution in [-0.4, -0.2) is 15.1 Å². The maximum atomic E-state index is 12.6. The fraction of sp³-hybridized carbons (Fsp3) is 0.0385. The quantitative estimate of drug-likeness (QED) is 0.304. The number of ether oxygens (including phenoxy) is 1. The Labute approximate surface area is 199 Å². The molecule has 0 radical (unpaired) electrons. The van der Waals surface area contributed by atoms with Gasteiger partial charge >= 0.3 is 0 Å². The lowest BCUT2D eigenvalue weighted by Crippen LogP contribution is -2.02. The number of halogens is 1. The molecule has 2 N–H and O–H groups in total. The number of aromatic hydroxyl groups is 1. The van der Waals surface area contributed by atoms with Crippen LogP contribution in [0.15, 0.2) is 88.1 Å². The van der Waals surface area contributed by atoms with Crippen molar-refractivity contribution in [3.05, 3.63) is 99.9 Å². The molecule has 8 heteroatoms. The third kappa shape index (κ3) is 4.55. The van der Waals surface area contributed by atoms with Gasteiger partial charge in [0.1, 0.15) is 39.9 Å². The van der Waals surface area contributed by atoms with Gasteiger partial charge in [0, 0.05) is 40.5 Å². The average Bonchev–Trinajstić information content (AvgIpc) is 2.80. The zero-order chi connectivity index (χ0) is 23.7. The van der Waals surface area contributed by atoms with Crippen molar-refractivity contribution in [3.8, 4) is 28.7 Å². The molecular weight excluding hydrogens is 454 g/mol. The minimum absolute atomic E-state index is 0.0796. The average molecular weight is 472 g/mol. The Kier molecular flexibility index (Phi) is 5.61. The third-order valence-electron chi connectivity index (χ3n) is 5.00. The van der Waals surface area contributed by atoms with Crippen LogP contribution in [-0.2, 0) is 0 Å². The van der Waals surface area contributed by atoms with Crippen LogP contribution in [0.25, 0.3) is 22.3 Å². The zero-order valence-corrected chi connectivity index (χ0v) is 18.7. The molecule has 168 valence electrons. The van der Waals surface area contributed by atoms with E-state index in [1.165, 1.54) is 12.1 Å². The predicted octanol–water partition coefficient (Wildman–Crippen LogP) is 6.45. The molecule has 5 aromatic rings. The lowest BCUT2D eigenvalue weighted by molar-refractivity contribution is 0.445. The first-order valence-electron chi connectivity index (χ1n) is 10.4. The summed E-state index contributed by atoms with van der Waals surface area (Å²) in [4.78, 5) is 21.3. The molecule has 0 fully saturated rings. The molecule has 2 heterocycles. The van der Waals surface area contributed by atoms with Crippen molar-refractivity contribution in [2.45, 2.75) is 6.92 Å². The van der Waals surface area contributed by atoms with Crippen LogP contribution in [0, 0.1) is 6.92 Å². The lowest BCUT2D eigenvalue weighted by atomic mass is 10.1. The fourth-order valence-corrected chi connectivity index (χ4v) is 3.63. The molecule has 0 saturated heterocycles. The van der Waals surface area contributed by atoms with Crippen molar-refractivity contribution in [1.82, 2.24) is 9.97 Å². The molecule has 3 aromatic carbocycles. The number of phenols is 1. The van der Waals surface area contributed by atoms with Crippen molar-refractivity contribution >= 4 is 34.1 Å². The van der Waals surface area contributed by atoms with Crippen LogP contribution >= 0.6 is 11.6 Å². The standard InChI is InChI=1S/C26H18ClN3O4/c1-15-28-24(30-18-9-7-17(27)8-10-18)14-25(29-15)33-19-11-20(31)26-21(32)13-22(34-23(26)12-19)16-5-3-2-4-6-16/h2-14,31H,1H3,(H,28,29,30). The Hall–Kier alpha value is -4.36. The number of fused-ring (bicyclic) bond motifs is 1. The molecule has 0 aliphatic carbocycles. The summed E-state index contributed by atoms with van der Waals surface area (Å²) in [6.45, 7) is 1.74. The molecule has 7 nitrogen and oxygen atoms in total. The van der Waals surface area contributed by atoms with Crippen LogP contribution in [0.5, 0.6) is 17.4 Å². The number of nitrogens with zero attached hydrogens (tertiary/aromatic N) is 2. The summed E-state index contributed by atoms with van der Waals surface area (Å²) >= 11 is 5.94. The Balaban J connectivity index is 1.49. The molecular formula is C26H18ClN3O4. The lowest BCUT2D eigenvalue weighted by Gasteiger charge is -2.11. The van der Waals surface area contributed by atoms with Gasteiger partial charge in [0.25, 0.3) is 0 Å². The summed E-state index contributed by atoms with van der Waals surface area (Å²) in [6, 6.07) is 22.3. The van der Waals surface area contributed by atoms with Crippen molar-refractivity contribution < 1.29 is 14.3 Å². The Morgan fingerprint density at radius 1 is 0.971 bits per heavy atom. The number of rotatable bonds is 5. The molecule has 5 rings (SSSR count). The monoisotopic (exact) mass is 471 g/mol. The highest BCUT2D eigenvalue weighted by Crippen LogP contribution is 2.33. The number of hydrogen-bond donors (Lipinski definition) is 2. The van der Waals surface area contributed by atoms with Crippen molar-refractivity contribution in [3.63, 3.8) is 0 Å². The van der Waals surface area contributed by atoms with E-state index < -0.39 is 0 Å². The van der Waals surface area contributed by atoms with E-state index >= 15 is 0 Å². The van der Waals surface area contributed by atoms with Gasteiger partial charge in [-0.05, 0) is 31.2 Å². The smallest absolute Gasteiger partial charge is 0.224 e. The maximum absolute atomic E-state index is 12.6. The SMILES string of the molecule is Cc1nc(Nc2ccc(Cl)cc2)cc(Oc2cc(O)c3c(=O)cc(-c4ccccc4)oc3c2)n1. The van der Waals surface area contributed by atoms with Gasteiger partial charge in [-0.2, -0.15) is 4.98 Å². The Morgan fingerprint density at radius 3 is 2.50 bits per heavy atom. The Morgan fingerprint density at radius 2 is 1.74 bits per heavy atom. The highest BCUT2D eigenvalue weighted by atomic mass is 35.5. The van der Waals surface area contributed by atoms with Crippen LogP contribution in [0.1, 0.15) is 5.82 Å². The van der Waals surface area contributed by atoms with Crippen LogP contribution in [0.4, 0.5) is 11.5 Å². The van der Waals surface area contributed by atoms with Crippen molar-refractivity contribution in [2.24, 2.45) is 0 Å². The first-order valence-corrected chi connectivity index (χ1v) is 10.7. The second-order valence-electron chi connectivity index (χ2n) is 7.53. The van der Waals surface area contributed by atoms with Crippen LogP contribution in [0.3, 0.4) is 0 Å². The van der Waals surface area contributed by atoms with Gasteiger partial charge in [-0.15, -0.1) is 0 Å². The molecule has 34 heavy (non-hydrogen) atoms. The molecule has 0 amide bonds. The number of phenolic OH excluding ortho intramolecular Hbond substituents is 1. The second kappa shape index (κ2) is 8.88. The van der Waals surface area contributed by atoms with Gasteiger partial charge in [0.15, 0.2) is 5.43 Å². The number of aryl methyl sites for hydroxylation is 1. The third-order valence-corrected chi connectivity index (χ3v) is 5.25. The molecule has 0 unspecified atom stereocenters. The van der Waals surface area contributed by atoms with E-state index in [4.69, 9.17) is 20.8 Å².